The SMILES string of the molecule is CC(O[Si](C)(C)C(C)(C)C)c1oc(-c2ccccc2)cc1OC(=O)c1ccccc1. The third-order valence-corrected chi connectivity index (χ3v) is 10.2. The number of carbonyl (C=O) groups is 1. The highest BCUT2D eigenvalue weighted by Crippen LogP contribution is 2.42. The molecule has 0 aliphatic heterocycles. The van der Waals surface area contributed by atoms with Gasteiger partial charge in [-0.25, -0.2) is 4.79 Å². The number of hydrogen-bond donors (Lipinski definition) is 0. The maximum atomic E-state index is 12.7. The zero-order valence-corrected chi connectivity index (χ0v) is 19.6. The van der Waals surface area contributed by atoms with Crippen molar-refractivity contribution in [1.82, 2.24) is 0 Å². The molecule has 3 aromatic rings. The number of ether oxygens (including phenoxy) is 1. The van der Waals surface area contributed by atoms with Gasteiger partial charge in [0, 0.05) is 11.6 Å². The Morgan fingerprint density at radius 2 is 1.53 bits per heavy atom. The summed E-state index contributed by atoms with van der Waals surface area (Å²) in [6.45, 7) is 12.9. The number of furan rings is 1. The first-order chi connectivity index (χ1) is 14.1. The third kappa shape index (κ3) is 4.91. The number of benzene rings is 2. The van der Waals surface area contributed by atoms with Gasteiger partial charge >= 0.3 is 5.97 Å². The number of carbonyl (C=O) groups excluding carboxylic acids is 1. The van der Waals surface area contributed by atoms with Crippen molar-refractivity contribution in [3.63, 3.8) is 0 Å². The Bertz CT molecular complexity index is 985. The second-order valence-corrected chi connectivity index (χ2v) is 13.7. The molecule has 4 nitrogen and oxygen atoms in total. The van der Waals surface area contributed by atoms with Crippen molar-refractivity contribution in [1.29, 1.82) is 0 Å². The van der Waals surface area contributed by atoms with Gasteiger partial charge in [-0.1, -0.05) is 69.3 Å². The van der Waals surface area contributed by atoms with E-state index < -0.39 is 14.3 Å². The fourth-order valence-electron chi connectivity index (χ4n) is 2.90. The average Bonchev–Trinajstić information content (AvgIpc) is 3.12. The van der Waals surface area contributed by atoms with Crippen LogP contribution in [0, 0.1) is 0 Å². The summed E-state index contributed by atoms with van der Waals surface area (Å²) in [4.78, 5) is 12.7. The zero-order chi connectivity index (χ0) is 21.9. The molecular formula is C25H30O4Si. The minimum Gasteiger partial charge on any atom is -0.454 e. The summed E-state index contributed by atoms with van der Waals surface area (Å²) >= 11 is 0. The Hall–Kier alpha value is -2.63. The highest BCUT2D eigenvalue weighted by Gasteiger charge is 2.40. The van der Waals surface area contributed by atoms with Gasteiger partial charge in [0.25, 0.3) is 0 Å². The van der Waals surface area contributed by atoms with E-state index in [2.05, 4.69) is 33.9 Å². The minimum atomic E-state index is -2.05. The van der Waals surface area contributed by atoms with E-state index in [1.165, 1.54) is 0 Å². The number of esters is 1. The Kier molecular flexibility index (Phi) is 6.34. The summed E-state index contributed by atoms with van der Waals surface area (Å²) in [6.07, 6.45) is -0.345. The maximum absolute atomic E-state index is 12.7. The Labute approximate surface area is 180 Å². The lowest BCUT2D eigenvalue weighted by Crippen LogP contribution is -2.41. The van der Waals surface area contributed by atoms with Gasteiger partial charge in [-0.05, 0) is 37.2 Å². The molecule has 0 saturated carbocycles. The second-order valence-electron chi connectivity index (χ2n) is 8.98. The van der Waals surface area contributed by atoms with Crippen LogP contribution in [0.5, 0.6) is 5.75 Å². The van der Waals surface area contributed by atoms with Gasteiger partial charge in [-0.3, -0.25) is 0 Å². The minimum absolute atomic E-state index is 0.0526. The molecule has 1 atom stereocenters. The molecule has 3 rings (SSSR count). The molecule has 0 bridgehead atoms. The lowest BCUT2D eigenvalue weighted by atomic mass is 10.2. The molecule has 0 amide bonds. The van der Waals surface area contributed by atoms with Crippen LogP contribution < -0.4 is 4.74 Å². The summed E-state index contributed by atoms with van der Waals surface area (Å²) in [5, 5.41) is 0.0526. The topological polar surface area (TPSA) is 48.7 Å². The normalized spacial score (nSPS) is 13.1. The molecule has 5 heteroatoms. The zero-order valence-electron chi connectivity index (χ0n) is 18.6. The molecular weight excluding hydrogens is 392 g/mol. The van der Waals surface area contributed by atoms with Crippen molar-refractivity contribution in [3.05, 3.63) is 78.1 Å². The summed E-state index contributed by atoms with van der Waals surface area (Å²) in [5.41, 5.74) is 1.41. The summed E-state index contributed by atoms with van der Waals surface area (Å²) in [6, 6.07) is 20.5. The van der Waals surface area contributed by atoms with Gasteiger partial charge in [0.15, 0.2) is 19.8 Å². The lowest BCUT2D eigenvalue weighted by molar-refractivity contribution is 0.0723. The Morgan fingerprint density at radius 3 is 2.10 bits per heavy atom. The van der Waals surface area contributed by atoms with E-state index in [0.717, 1.165) is 5.56 Å². The van der Waals surface area contributed by atoms with Gasteiger partial charge in [0.05, 0.1) is 5.56 Å². The Balaban J connectivity index is 1.95. The van der Waals surface area contributed by atoms with Crippen LogP contribution in [0.25, 0.3) is 11.3 Å². The maximum Gasteiger partial charge on any atom is 0.343 e. The largest absolute Gasteiger partial charge is 0.454 e. The fourth-order valence-corrected chi connectivity index (χ4v) is 4.25. The molecule has 0 aliphatic carbocycles. The van der Waals surface area contributed by atoms with E-state index in [9.17, 15) is 4.79 Å². The van der Waals surface area contributed by atoms with E-state index in [4.69, 9.17) is 13.6 Å². The average molecular weight is 423 g/mol. The van der Waals surface area contributed by atoms with Gasteiger partial charge in [0.1, 0.15) is 11.9 Å². The summed E-state index contributed by atoms with van der Waals surface area (Å²) in [5.74, 6) is 1.15. The first kappa shape index (κ1) is 22.1. The van der Waals surface area contributed by atoms with Crippen LogP contribution in [-0.2, 0) is 4.43 Å². The van der Waals surface area contributed by atoms with Crippen molar-refractivity contribution in [2.45, 2.75) is 51.9 Å². The van der Waals surface area contributed by atoms with Crippen LogP contribution in [0.4, 0.5) is 0 Å². The molecule has 158 valence electrons. The van der Waals surface area contributed by atoms with Crippen LogP contribution in [0.2, 0.25) is 18.1 Å². The molecule has 0 fully saturated rings. The third-order valence-electron chi connectivity index (χ3n) is 5.64. The van der Waals surface area contributed by atoms with Crippen LogP contribution in [0.1, 0.15) is 49.9 Å². The van der Waals surface area contributed by atoms with Crippen LogP contribution >= 0.6 is 0 Å². The molecule has 1 unspecified atom stereocenters. The summed E-state index contributed by atoms with van der Waals surface area (Å²) in [7, 11) is -2.05. The van der Waals surface area contributed by atoms with E-state index in [1.54, 1.807) is 18.2 Å². The molecule has 0 saturated heterocycles. The standard InChI is InChI=1S/C25H30O4Si/c1-18(29-30(5,6)25(2,3)4)23-22(28-24(26)20-15-11-8-12-16-20)17-21(27-23)19-13-9-7-10-14-19/h7-18H,1-6H3. The predicted molar refractivity (Wildman–Crippen MR) is 122 cm³/mol. The van der Waals surface area contributed by atoms with Crippen LogP contribution in [-0.4, -0.2) is 14.3 Å². The summed E-state index contributed by atoms with van der Waals surface area (Å²) < 4.78 is 18.5. The molecule has 1 aromatic heterocycles. The monoisotopic (exact) mass is 422 g/mol. The Morgan fingerprint density at radius 1 is 0.967 bits per heavy atom. The highest BCUT2D eigenvalue weighted by atomic mass is 28.4. The van der Waals surface area contributed by atoms with Crippen molar-refractivity contribution in [2.24, 2.45) is 0 Å². The molecule has 1 heterocycles. The van der Waals surface area contributed by atoms with Gasteiger partial charge in [-0.15, -0.1) is 0 Å². The molecule has 0 N–H and O–H groups in total. The first-order valence-corrected chi connectivity index (χ1v) is 13.1. The van der Waals surface area contributed by atoms with Gasteiger partial charge in [0.2, 0.25) is 0 Å². The van der Waals surface area contributed by atoms with E-state index in [1.807, 2.05) is 55.5 Å². The number of hydrogen-bond acceptors (Lipinski definition) is 4. The molecule has 30 heavy (non-hydrogen) atoms. The van der Waals surface area contributed by atoms with Crippen LogP contribution in [0.15, 0.2) is 71.1 Å². The van der Waals surface area contributed by atoms with Crippen molar-refractivity contribution >= 4 is 14.3 Å². The van der Waals surface area contributed by atoms with Crippen molar-refractivity contribution in [3.8, 4) is 17.1 Å². The molecule has 0 aliphatic rings. The molecule has 0 radical (unpaired) electrons. The predicted octanol–water partition coefficient (Wildman–Crippen LogP) is 7.25. The quantitative estimate of drug-likeness (QED) is 0.310. The number of rotatable bonds is 6. The molecule has 2 aromatic carbocycles. The first-order valence-electron chi connectivity index (χ1n) is 10.2. The van der Waals surface area contributed by atoms with E-state index >= 15 is 0 Å². The van der Waals surface area contributed by atoms with Crippen LogP contribution in [0.3, 0.4) is 0 Å². The fraction of sp³-hybridized carbons (Fsp3) is 0.320. The van der Waals surface area contributed by atoms with Gasteiger partial charge < -0.3 is 13.6 Å². The van der Waals surface area contributed by atoms with E-state index in [-0.39, 0.29) is 11.1 Å². The highest BCUT2D eigenvalue weighted by molar-refractivity contribution is 6.74. The lowest BCUT2D eigenvalue weighted by Gasteiger charge is -2.38. The van der Waals surface area contributed by atoms with Crippen molar-refractivity contribution in [2.75, 3.05) is 0 Å². The smallest absolute Gasteiger partial charge is 0.343 e. The van der Waals surface area contributed by atoms with E-state index in [0.29, 0.717) is 22.8 Å². The second kappa shape index (κ2) is 8.62. The van der Waals surface area contributed by atoms with Gasteiger partial charge in [-0.2, -0.15) is 0 Å². The molecule has 0 spiro atoms. The van der Waals surface area contributed by atoms with Crippen molar-refractivity contribution < 1.29 is 18.4 Å².